The minimum atomic E-state index is -5.20. The molecule has 2 aromatic carbocycles. The third-order valence-electron chi connectivity index (χ3n) is 8.70. The predicted octanol–water partition coefficient (Wildman–Crippen LogP) is 4.97. The molecular formula is C35H38N4O12S2. The number of anilines is 1. The number of carbonyl (C=O) groups excluding carboxylic acids is 2. The molecule has 18 heteroatoms. The van der Waals surface area contributed by atoms with E-state index in [9.17, 15) is 45.4 Å². The number of carboxylic acids is 1. The molecule has 16 nitrogen and oxygen atoms in total. The molecule has 1 aliphatic heterocycles. The van der Waals surface area contributed by atoms with Crippen LogP contribution in [0.4, 0.5) is 10.5 Å². The molecule has 1 atom stereocenters. The van der Waals surface area contributed by atoms with E-state index in [2.05, 4.69) is 22.8 Å². The zero-order chi connectivity index (χ0) is 38.5. The van der Waals surface area contributed by atoms with Crippen LogP contribution in [0.3, 0.4) is 0 Å². The average Bonchev–Trinajstić information content (AvgIpc) is 3.06. The summed E-state index contributed by atoms with van der Waals surface area (Å²) in [5.41, 5.74) is 3.75. The number of nitrogens with one attached hydrogen (secondary N) is 3. The van der Waals surface area contributed by atoms with Crippen LogP contribution < -0.4 is 21.7 Å². The molecule has 1 heterocycles. The normalized spacial score (nSPS) is 15.7. The van der Waals surface area contributed by atoms with Gasteiger partial charge >= 0.3 is 12.1 Å². The molecule has 0 spiro atoms. The molecule has 2 amide bonds. The molecule has 2 aliphatic carbocycles. The second-order valence-corrected chi connectivity index (χ2v) is 15.1. The van der Waals surface area contributed by atoms with Gasteiger partial charge in [0, 0.05) is 35.2 Å². The van der Waals surface area contributed by atoms with E-state index in [1.165, 1.54) is 24.3 Å². The maximum atomic E-state index is 13.3. The fraction of sp³-hybridized carbons (Fsp3) is 0.314. The number of allylic oxidation sites excluding steroid dienone is 2. The van der Waals surface area contributed by atoms with Crippen LogP contribution in [-0.4, -0.2) is 68.2 Å². The molecule has 8 N–H and O–H groups in total. The topological polar surface area (TPSA) is 276 Å². The van der Waals surface area contributed by atoms with Crippen LogP contribution in [0.1, 0.15) is 72.1 Å². The van der Waals surface area contributed by atoms with E-state index in [0.29, 0.717) is 25.8 Å². The number of hydrogen-bond donors (Lipinski definition) is 7. The van der Waals surface area contributed by atoms with Crippen LogP contribution in [-0.2, 0) is 25.0 Å². The van der Waals surface area contributed by atoms with Gasteiger partial charge in [-0.05, 0) is 99.4 Å². The molecule has 0 radical (unpaired) electrons. The van der Waals surface area contributed by atoms with Gasteiger partial charge in [0.05, 0.1) is 16.6 Å². The number of rotatable bonds is 12. The van der Waals surface area contributed by atoms with Crippen molar-refractivity contribution in [3.05, 3.63) is 71.1 Å². The first-order valence-electron chi connectivity index (χ1n) is 16.6. The van der Waals surface area contributed by atoms with E-state index in [0.717, 1.165) is 50.3 Å². The summed E-state index contributed by atoms with van der Waals surface area (Å²) in [5, 5.41) is 22.9. The van der Waals surface area contributed by atoms with Gasteiger partial charge in [-0.1, -0.05) is 12.2 Å². The molecular weight excluding hydrogens is 733 g/mol. The van der Waals surface area contributed by atoms with Gasteiger partial charge in [0.1, 0.15) is 6.10 Å². The summed E-state index contributed by atoms with van der Waals surface area (Å²) in [6, 6.07) is 8.17. The van der Waals surface area contributed by atoms with Gasteiger partial charge in [-0.2, -0.15) is 16.8 Å². The van der Waals surface area contributed by atoms with E-state index < -0.39 is 70.4 Å². The minimum absolute atomic E-state index is 0.0150. The van der Waals surface area contributed by atoms with Crippen molar-refractivity contribution in [2.45, 2.75) is 67.3 Å². The predicted molar refractivity (Wildman–Crippen MR) is 192 cm³/mol. The van der Waals surface area contributed by atoms with Gasteiger partial charge in [-0.3, -0.25) is 19.3 Å². The standard InChI is InChI=1S/C35H38N4O12S2/c36-26-15-13-23-28(24-14-16-27(37)32(53(47,48)49)30(24)51-29(23)31(26)52(44,45)46)25-19-20(11-12-22(25)34(41)42)33(40)38-17-7-4-8-18-39-35(43)50-21-9-5-2-1-3-6-10-21/h1-2,11-16,19,21,36H,3-10,17-18,37H2,(H,38,40)(H,39,43)(H,41,42)(H,44,45,46)(H,47,48,49)/b2-1-,36-26?. The van der Waals surface area contributed by atoms with Crippen LogP contribution in [0.25, 0.3) is 33.4 Å². The molecule has 0 saturated carbocycles. The Kier molecular flexibility index (Phi) is 11.9. The van der Waals surface area contributed by atoms with Crippen molar-refractivity contribution in [2.75, 3.05) is 18.8 Å². The number of fused-ring (bicyclic) bond motifs is 2. The Morgan fingerprint density at radius 3 is 2.26 bits per heavy atom. The number of amides is 2. The Morgan fingerprint density at radius 1 is 0.868 bits per heavy atom. The molecule has 282 valence electrons. The summed E-state index contributed by atoms with van der Waals surface area (Å²) in [7, 11) is -10.4. The fourth-order valence-corrected chi connectivity index (χ4v) is 7.72. The highest BCUT2D eigenvalue weighted by molar-refractivity contribution is 7.86. The minimum Gasteiger partial charge on any atom is -0.478 e. The molecule has 2 aromatic rings. The lowest BCUT2D eigenvalue weighted by molar-refractivity contribution is 0.0696. The zero-order valence-corrected chi connectivity index (χ0v) is 29.9. The molecule has 3 aliphatic rings. The summed E-state index contributed by atoms with van der Waals surface area (Å²) >= 11 is 0. The number of hydrogen-bond acceptors (Lipinski definition) is 11. The Bertz CT molecular complexity index is 2350. The first kappa shape index (κ1) is 38.9. The molecule has 5 rings (SSSR count). The van der Waals surface area contributed by atoms with E-state index in [1.54, 1.807) is 0 Å². The second-order valence-electron chi connectivity index (χ2n) is 12.4. The van der Waals surface area contributed by atoms with Crippen molar-refractivity contribution in [1.82, 2.24) is 10.6 Å². The number of nitrogen functional groups attached to an aromatic ring is 1. The van der Waals surface area contributed by atoms with E-state index in [-0.39, 0.29) is 45.9 Å². The van der Waals surface area contributed by atoms with E-state index in [1.807, 2.05) is 0 Å². The SMILES string of the molecule is N=c1ccc2c(-c3cc(C(=O)NCCCCCNC(=O)OC4CC/C=C\CCC4)ccc3C(=O)O)c3ccc(N)c(S(=O)(=O)O)c3oc-2c1S(=O)(=O)O. The van der Waals surface area contributed by atoms with Crippen molar-refractivity contribution in [2.24, 2.45) is 0 Å². The first-order valence-corrected chi connectivity index (χ1v) is 19.5. The number of nitrogens with two attached hydrogens (primary N) is 1. The van der Waals surface area contributed by atoms with E-state index in [4.69, 9.17) is 20.3 Å². The molecule has 0 fully saturated rings. The number of alkyl carbamates (subject to hydrolysis) is 1. The monoisotopic (exact) mass is 770 g/mol. The number of carboxylic acid groups (broad SMARTS) is 1. The van der Waals surface area contributed by atoms with Gasteiger partial charge in [0.2, 0.25) is 0 Å². The number of aromatic carboxylic acids is 1. The van der Waals surface area contributed by atoms with Crippen LogP contribution in [0.5, 0.6) is 0 Å². The lowest BCUT2D eigenvalue weighted by atomic mass is 9.89. The third-order valence-corrected chi connectivity index (χ3v) is 10.6. The number of unbranched alkanes of at least 4 members (excludes halogenated alkanes) is 2. The summed E-state index contributed by atoms with van der Waals surface area (Å²) in [6.45, 7) is 0.614. The fourth-order valence-electron chi connectivity index (χ4n) is 6.23. The molecule has 53 heavy (non-hydrogen) atoms. The highest BCUT2D eigenvalue weighted by Crippen LogP contribution is 2.45. The van der Waals surface area contributed by atoms with Crippen LogP contribution in [0, 0.1) is 5.41 Å². The maximum Gasteiger partial charge on any atom is 0.407 e. The molecule has 0 bridgehead atoms. The van der Waals surface area contributed by atoms with Crippen molar-refractivity contribution in [3.8, 4) is 22.5 Å². The smallest absolute Gasteiger partial charge is 0.407 e. The molecule has 1 unspecified atom stereocenters. The van der Waals surface area contributed by atoms with Gasteiger partial charge in [-0.25, -0.2) is 9.59 Å². The lowest BCUT2D eigenvalue weighted by Crippen LogP contribution is -2.30. The number of benzene rings is 3. The van der Waals surface area contributed by atoms with Crippen molar-refractivity contribution < 1.29 is 54.6 Å². The van der Waals surface area contributed by atoms with E-state index >= 15 is 0 Å². The second kappa shape index (κ2) is 16.2. The Balaban J connectivity index is 1.40. The summed E-state index contributed by atoms with van der Waals surface area (Å²) in [6.07, 6.45) is 9.86. The summed E-state index contributed by atoms with van der Waals surface area (Å²) in [5.74, 6) is -2.79. The number of ether oxygens (including phenoxy) is 1. The van der Waals surface area contributed by atoms with Gasteiger partial charge in [0.15, 0.2) is 21.1 Å². The molecule has 0 saturated heterocycles. The Hall–Kier alpha value is -5.30. The third kappa shape index (κ3) is 9.02. The van der Waals surface area contributed by atoms with Crippen LogP contribution in [0.15, 0.2) is 68.8 Å². The lowest BCUT2D eigenvalue weighted by Gasteiger charge is -2.20. The number of carbonyl (C=O) groups is 3. The first-order chi connectivity index (χ1) is 25.1. The highest BCUT2D eigenvalue weighted by Gasteiger charge is 2.32. The van der Waals surface area contributed by atoms with Crippen LogP contribution >= 0.6 is 0 Å². The Morgan fingerprint density at radius 2 is 1.57 bits per heavy atom. The van der Waals surface area contributed by atoms with Crippen molar-refractivity contribution >= 4 is 54.9 Å². The maximum absolute atomic E-state index is 13.3. The van der Waals surface area contributed by atoms with Crippen molar-refractivity contribution in [1.29, 1.82) is 5.41 Å². The highest BCUT2D eigenvalue weighted by atomic mass is 32.2. The average molecular weight is 771 g/mol. The Labute approximate surface area is 304 Å². The largest absolute Gasteiger partial charge is 0.478 e. The molecule has 0 aromatic heterocycles. The quantitative estimate of drug-likeness (QED) is 0.0330. The van der Waals surface area contributed by atoms with Gasteiger partial charge in [-0.15, -0.1) is 0 Å². The zero-order valence-electron chi connectivity index (χ0n) is 28.3. The van der Waals surface area contributed by atoms with Gasteiger partial charge < -0.3 is 30.6 Å². The summed E-state index contributed by atoms with van der Waals surface area (Å²) in [4.78, 5) is 35.9. The van der Waals surface area contributed by atoms with Crippen LogP contribution in [0.2, 0.25) is 0 Å². The summed E-state index contributed by atoms with van der Waals surface area (Å²) < 4.78 is 81.1. The van der Waals surface area contributed by atoms with Gasteiger partial charge in [0.25, 0.3) is 26.1 Å². The van der Waals surface area contributed by atoms with Crippen molar-refractivity contribution in [3.63, 3.8) is 0 Å².